The molecule has 0 spiro atoms. The molecule has 7 heteroatoms. The molecule has 0 aliphatic rings. The topological polar surface area (TPSA) is 114 Å². The number of phenols is 3. The molecule has 1 amide bonds. The van der Waals surface area contributed by atoms with E-state index < -0.39 is 6.04 Å². The van der Waals surface area contributed by atoms with Crippen molar-refractivity contribution in [1.82, 2.24) is 16.0 Å². The summed E-state index contributed by atoms with van der Waals surface area (Å²) in [5, 5.41) is 44.3. The van der Waals surface area contributed by atoms with E-state index in [-0.39, 0.29) is 23.2 Å². The van der Waals surface area contributed by atoms with Gasteiger partial charge in [0.1, 0.15) is 23.3 Å². The Hall–Kier alpha value is -5.43. The van der Waals surface area contributed by atoms with Crippen LogP contribution in [0.5, 0.6) is 17.2 Å². The molecule has 0 heterocycles. The van der Waals surface area contributed by atoms with Gasteiger partial charge in [-0.05, 0) is 89.2 Å². The monoisotopic (exact) mass is 601 g/mol. The Labute approximate surface area is 263 Å². The van der Waals surface area contributed by atoms with Crippen molar-refractivity contribution in [2.75, 3.05) is 13.1 Å². The number of phenolic OH excluding ortho intramolecular Hbond substituents is 3. The average molecular weight is 602 g/mol. The van der Waals surface area contributed by atoms with Gasteiger partial charge in [0.25, 0.3) is 0 Å². The van der Waals surface area contributed by atoms with Gasteiger partial charge < -0.3 is 31.3 Å². The van der Waals surface area contributed by atoms with Crippen LogP contribution in [0.25, 0.3) is 32.9 Å². The van der Waals surface area contributed by atoms with E-state index in [0.29, 0.717) is 48.5 Å². The van der Waals surface area contributed by atoms with Crippen LogP contribution in [0.15, 0.2) is 110 Å². The molecule has 0 aliphatic heterocycles. The summed E-state index contributed by atoms with van der Waals surface area (Å²) in [6, 6.07) is 29.2. The molecule has 0 aliphatic carbocycles. The number of rotatable bonds is 14. The molecule has 1 atom stereocenters. The largest absolute Gasteiger partial charge is 0.508 e. The quantitative estimate of drug-likeness (QED) is 0.0778. The summed E-state index contributed by atoms with van der Waals surface area (Å²) < 4.78 is 0. The van der Waals surface area contributed by atoms with Crippen LogP contribution >= 0.6 is 0 Å². The number of hydrogen-bond donors (Lipinski definition) is 6. The van der Waals surface area contributed by atoms with E-state index in [2.05, 4.69) is 29.1 Å². The van der Waals surface area contributed by atoms with Gasteiger partial charge in [-0.15, -0.1) is 0 Å². The Kier molecular flexibility index (Phi) is 9.90. The molecule has 1 unspecified atom stereocenters. The number of hydrogen-bond acceptors (Lipinski definition) is 6. The summed E-state index contributed by atoms with van der Waals surface area (Å²) in [5.41, 5.74) is 3.32. The van der Waals surface area contributed by atoms with Crippen molar-refractivity contribution in [2.24, 2.45) is 0 Å². The molecule has 230 valence electrons. The summed E-state index contributed by atoms with van der Waals surface area (Å²) in [6.07, 6.45) is 2.65. The lowest BCUT2D eigenvalue weighted by Gasteiger charge is -2.22. The lowest BCUT2D eigenvalue weighted by molar-refractivity contribution is -0.123. The third-order valence-corrected chi connectivity index (χ3v) is 7.95. The van der Waals surface area contributed by atoms with Crippen molar-refractivity contribution in [1.29, 1.82) is 0 Å². The lowest BCUT2D eigenvalue weighted by atomic mass is 10.0. The second-order valence-electron chi connectivity index (χ2n) is 11.2. The number of nitrogens with one attached hydrogen (secondary N) is 3. The average Bonchev–Trinajstić information content (AvgIpc) is 3.04. The Bertz CT molecular complexity index is 1830. The van der Waals surface area contributed by atoms with Crippen LogP contribution in [0.3, 0.4) is 0 Å². The summed E-state index contributed by atoms with van der Waals surface area (Å²) in [5.74, 6) is 0.315. The number of fused-ring (bicyclic) bond motifs is 2. The van der Waals surface area contributed by atoms with Crippen molar-refractivity contribution in [3.05, 3.63) is 127 Å². The van der Waals surface area contributed by atoms with Crippen molar-refractivity contribution in [3.8, 4) is 17.2 Å². The van der Waals surface area contributed by atoms with E-state index in [9.17, 15) is 20.1 Å². The van der Waals surface area contributed by atoms with Gasteiger partial charge in [0.2, 0.25) is 5.91 Å². The van der Waals surface area contributed by atoms with E-state index >= 15 is 0 Å². The molecule has 5 aromatic rings. The number of carbonyl (C=O) groups excluding carboxylic acids is 1. The van der Waals surface area contributed by atoms with Crippen LogP contribution in [0.1, 0.15) is 36.0 Å². The van der Waals surface area contributed by atoms with Crippen molar-refractivity contribution in [2.45, 2.75) is 31.7 Å². The Morgan fingerprint density at radius 1 is 0.644 bits per heavy atom. The number of benzene rings is 5. The minimum atomic E-state index is -0.573. The van der Waals surface area contributed by atoms with Gasteiger partial charge in [-0.3, -0.25) is 4.79 Å². The summed E-state index contributed by atoms with van der Waals surface area (Å²) in [7, 11) is 0. The molecule has 0 aromatic heterocycles. The molecule has 0 saturated carbocycles. The molecule has 45 heavy (non-hydrogen) atoms. The standard InChI is InChI=1S/C38H39N3O4/c1-25(33-21-28-9-3-5-11-30(28)23-36(33)43)39-19-8-7-13-35(38(45)40-20-18-27-14-16-32(42)17-15-27)41-26(2)34-22-29-10-4-6-12-31(29)24-37(34)44/h3-6,9-12,14-17,21-24,35,39,41-44H,1-2,7-8,13,18-20H2,(H,40,45). The molecular formula is C38H39N3O4. The van der Waals surface area contributed by atoms with Gasteiger partial charge in [0.15, 0.2) is 0 Å². The molecule has 6 N–H and O–H groups in total. The second-order valence-corrected chi connectivity index (χ2v) is 11.2. The number of carbonyl (C=O) groups is 1. The maximum absolute atomic E-state index is 13.4. The first kappa shape index (κ1) is 31.0. The fourth-order valence-electron chi connectivity index (χ4n) is 5.42. The van der Waals surface area contributed by atoms with E-state index in [1.807, 2.05) is 72.8 Å². The number of unbranched alkanes of at least 4 members (excludes halogenated alkanes) is 1. The van der Waals surface area contributed by atoms with Gasteiger partial charge in [0.05, 0.1) is 0 Å². The molecule has 5 aromatic carbocycles. The number of amides is 1. The molecule has 7 nitrogen and oxygen atoms in total. The zero-order chi connectivity index (χ0) is 31.8. The highest BCUT2D eigenvalue weighted by atomic mass is 16.3. The lowest BCUT2D eigenvalue weighted by Crippen LogP contribution is -2.44. The van der Waals surface area contributed by atoms with Crippen LogP contribution in [-0.4, -0.2) is 40.4 Å². The fourth-order valence-corrected chi connectivity index (χ4v) is 5.42. The first-order valence-electron chi connectivity index (χ1n) is 15.2. The third kappa shape index (κ3) is 7.95. The van der Waals surface area contributed by atoms with Crippen LogP contribution in [-0.2, 0) is 11.2 Å². The maximum Gasteiger partial charge on any atom is 0.242 e. The minimum Gasteiger partial charge on any atom is -0.508 e. The van der Waals surface area contributed by atoms with E-state index in [1.165, 1.54) is 0 Å². The maximum atomic E-state index is 13.4. The molecule has 0 bridgehead atoms. The van der Waals surface area contributed by atoms with Gasteiger partial charge in [-0.2, -0.15) is 0 Å². The highest BCUT2D eigenvalue weighted by Gasteiger charge is 2.20. The van der Waals surface area contributed by atoms with Crippen molar-refractivity contribution >= 4 is 38.8 Å². The number of aromatic hydroxyl groups is 3. The van der Waals surface area contributed by atoms with Crippen LogP contribution < -0.4 is 16.0 Å². The zero-order valence-corrected chi connectivity index (χ0v) is 25.2. The van der Waals surface area contributed by atoms with Gasteiger partial charge >= 0.3 is 0 Å². The SMILES string of the molecule is C=C(NCCCCC(NC(=C)c1cc2ccccc2cc1O)C(=O)NCCc1ccc(O)cc1)c1cc2ccccc2cc1O. The Morgan fingerprint density at radius 3 is 1.76 bits per heavy atom. The van der Waals surface area contributed by atoms with E-state index in [0.717, 1.165) is 39.9 Å². The zero-order valence-electron chi connectivity index (χ0n) is 25.2. The normalized spacial score (nSPS) is 11.6. The molecule has 0 saturated heterocycles. The molecule has 0 fully saturated rings. The summed E-state index contributed by atoms with van der Waals surface area (Å²) >= 11 is 0. The van der Waals surface area contributed by atoms with Gasteiger partial charge in [-0.25, -0.2) is 0 Å². The smallest absolute Gasteiger partial charge is 0.242 e. The minimum absolute atomic E-state index is 0.0948. The first-order chi connectivity index (χ1) is 21.8. The van der Waals surface area contributed by atoms with Crippen LogP contribution in [0, 0.1) is 0 Å². The highest BCUT2D eigenvalue weighted by Crippen LogP contribution is 2.30. The van der Waals surface area contributed by atoms with Crippen LogP contribution in [0.4, 0.5) is 0 Å². The van der Waals surface area contributed by atoms with Gasteiger partial charge in [-0.1, -0.05) is 73.8 Å². The van der Waals surface area contributed by atoms with Crippen LogP contribution in [0.2, 0.25) is 0 Å². The van der Waals surface area contributed by atoms with Gasteiger partial charge in [0, 0.05) is 35.6 Å². The van der Waals surface area contributed by atoms with E-state index in [4.69, 9.17) is 0 Å². The highest BCUT2D eigenvalue weighted by molar-refractivity contribution is 5.90. The van der Waals surface area contributed by atoms with E-state index in [1.54, 1.807) is 24.3 Å². The third-order valence-electron chi connectivity index (χ3n) is 7.95. The molecular weight excluding hydrogens is 562 g/mol. The molecule has 5 rings (SSSR count). The fraction of sp³-hybridized carbons (Fsp3) is 0.184. The van der Waals surface area contributed by atoms with Crippen molar-refractivity contribution in [3.63, 3.8) is 0 Å². The Balaban J connectivity index is 1.20. The first-order valence-corrected chi connectivity index (χ1v) is 15.2. The Morgan fingerprint density at radius 2 is 1.18 bits per heavy atom. The van der Waals surface area contributed by atoms with Crippen molar-refractivity contribution < 1.29 is 20.1 Å². The predicted molar refractivity (Wildman–Crippen MR) is 183 cm³/mol. The second kappa shape index (κ2) is 14.4. The molecule has 0 radical (unpaired) electrons. The summed E-state index contributed by atoms with van der Waals surface area (Å²) in [6.45, 7) is 9.34. The predicted octanol–water partition coefficient (Wildman–Crippen LogP) is 6.83. The summed E-state index contributed by atoms with van der Waals surface area (Å²) in [4.78, 5) is 13.4.